The van der Waals surface area contributed by atoms with Gasteiger partial charge in [-0.05, 0) is 23.3 Å². The highest BCUT2D eigenvalue weighted by Gasteiger charge is 2.49. The Labute approximate surface area is 198 Å². The van der Waals surface area contributed by atoms with Gasteiger partial charge in [0, 0.05) is 0 Å². The summed E-state index contributed by atoms with van der Waals surface area (Å²) in [5.74, 6) is -0.620. The predicted molar refractivity (Wildman–Crippen MR) is 124 cm³/mol. The van der Waals surface area contributed by atoms with Crippen molar-refractivity contribution in [2.45, 2.75) is 43.9 Å². The van der Waals surface area contributed by atoms with Gasteiger partial charge in [-0.15, -0.1) is 0 Å². The van der Waals surface area contributed by atoms with Crippen molar-refractivity contribution in [3.8, 4) is 0 Å². The van der Waals surface area contributed by atoms with Gasteiger partial charge in [0.05, 0.1) is 25.4 Å². The van der Waals surface area contributed by atoms with Crippen LogP contribution in [0.1, 0.15) is 21.5 Å². The maximum atomic E-state index is 12.8. The van der Waals surface area contributed by atoms with E-state index < -0.39 is 43.3 Å². The molecule has 5 atom stereocenters. The van der Waals surface area contributed by atoms with Crippen molar-refractivity contribution in [3.63, 3.8) is 0 Å². The van der Waals surface area contributed by atoms with E-state index in [-0.39, 0.29) is 13.2 Å². The minimum Gasteiger partial charge on any atom is -0.450 e. The molecule has 34 heavy (non-hydrogen) atoms. The maximum Gasteiger partial charge on any atom is 0.338 e. The third-order valence-electron chi connectivity index (χ3n) is 5.61. The molecule has 1 aliphatic heterocycles. The van der Waals surface area contributed by atoms with Crippen molar-refractivity contribution in [1.82, 2.24) is 0 Å². The number of benzene rings is 3. The average Bonchev–Trinajstić information content (AvgIpc) is 2.89. The Hall–Kier alpha value is -3.07. The van der Waals surface area contributed by atoms with Gasteiger partial charge in [-0.3, -0.25) is 0 Å². The van der Waals surface area contributed by atoms with E-state index in [9.17, 15) is 15.0 Å². The first-order chi connectivity index (χ1) is 16.7. The van der Waals surface area contributed by atoms with E-state index >= 15 is 0 Å². The van der Waals surface area contributed by atoms with Crippen molar-refractivity contribution >= 4 is 5.97 Å². The number of ether oxygens (including phenoxy) is 4. The van der Waals surface area contributed by atoms with Crippen LogP contribution in [0.2, 0.25) is 0 Å². The van der Waals surface area contributed by atoms with Crippen LogP contribution >= 0.6 is 0 Å². The largest absolute Gasteiger partial charge is 0.450 e. The minimum atomic E-state index is -1.50. The zero-order valence-corrected chi connectivity index (χ0v) is 18.6. The second-order valence-corrected chi connectivity index (χ2v) is 8.01. The quantitative estimate of drug-likeness (QED) is 0.470. The highest BCUT2D eigenvalue weighted by Crippen LogP contribution is 2.29. The van der Waals surface area contributed by atoms with E-state index in [1.807, 2.05) is 60.7 Å². The Balaban J connectivity index is 1.57. The molecule has 0 radical (unpaired) electrons. The van der Waals surface area contributed by atoms with Crippen LogP contribution in [0.15, 0.2) is 91.0 Å². The molecule has 0 saturated carbocycles. The molecular formula is C27H28O7. The number of aliphatic hydroxyl groups is 2. The highest BCUT2D eigenvalue weighted by molar-refractivity contribution is 5.89. The Morgan fingerprint density at radius 1 is 0.735 bits per heavy atom. The zero-order chi connectivity index (χ0) is 23.8. The molecule has 1 fully saturated rings. The maximum absolute atomic E-state index is 12.8. The summed E-state index contributed by atoms with van der Waals surface area (Å²) in [4.78, 5) is 12.8. The van der Waals surface area contributed by atoms with Crippen LogP contribution in [0.3, 0.4) is 0 Å². The average molecular weight is 465 g/mol. The topological polar surface area (TPSA) is 94.5 Å². The van der Waals surface area contributed by atoms with Gasteiger partial charge < -0.3 is 29.2 Å². The fourth-order valence-corrected chi connectivity index (χ4v) is 3.86. The van der Waals surface area contributed by atoms with Gasteiger partial charge in [0.1, 0.15) is 18.3 Å². The Morgan fingerprint density at radius 2 is 1.24 bits per heavy atom. The first-order valence-corrected chi connectivity index (χ1v) is 11.2. The summed E-state index contributed by atoms with van der Waals surface area (Å²) in [6.07, 6.45) is -5.23. The summed E-state index contributed by atoms with van der Waals surface area (Å²) in [6, 6.07) is 27.5. The van der Waals surface area contributed by atoms with Crippen molar-refractivity contribution in [2.75, 3.05) is 6.61 Å². The number of carbonyl (C=O) groups excluding carboxylic acids is 1. The standard InChI is InChI=1S/C27H28O7/c28-16-22-23(31-17-19-10-4-1-5-11-19)24(32-18-20-12-6-2-7-13-20)25(27(30)33-22)34-26(29)21-14-8-3-9-15-21/h1-15,22-25,27-28,30H,16-18H2/t22-,23-,24+,25-,27-/m1/s1. The fraction of sp³-hybridized carbons (Fsp3) is 0.296. The Morgan fingerprint density at radius 3 is 1.76 bits per heavy atom. The van der Waals surface area contributed by atoms with Crippen LogP contribution in [0.25, 0.3) is 0 Å². The van der Waals surface area contributed by atoms with Gasteiger partial charge in [0.2, 0.25) is 0 Å². The molecule has 4 rings (SSSR count). The third kappa shape index (κ3) is 6.08. The lowest BCUT2D eigenvalue weighted by molar-refractivity contribution is -0.304. The normalized spacial score (nSPS) is 24.5. The summed E-state index contributed by atoms with van der Waals surface area (Å²) in [7, 11) is 0. The van der Waals surface area contributed by atoms with Gasteiger partial charge in [-0.2, -0.15) is 0 Å². The van der Waals surface area contributed by atoms with E-state index in [1.54, 1.807) is 30.3 Å². The van der Waals surface area contributed by atoms with Gasteiger partial charge in [-0.1, -0.05) is 78.9 Å². The number of esters is 1. The molecule has 1 aliphatic rings. The van der Waals surface area contributed by atoms with Crippen molar-refractivity contribution in [2.24, 2.45) is 0 Å². The molecule has 178 valence electrons. The van der Waals surface area contributed by atoms with E-state index in [2.05, 4.69) is 0 Å². The smallest absolute Gasteiger partial charge is 0.338 e. The molecule has 1 heterocycles. The van der Waals surface area contributed by atoms with Gasteiger partial charge in [-0.25, -0.2) is 4.79 Å². The van der Waals surface area contributed by atoms with Crippen molar-refractivity contribution < 1.29 is 34.0 Å². The van der Waals surface area contributed by atoms with Crippen LogP contribution in [-0.4, -0.2) is 53.5 Å². The van der Waals surface area contributed by atoms with Crippen molar-refractivity contribution in [3.05, 3.63) is 108 Å². The predicted octanol–water partition coefficient (Wildman–Crippen LogP) is 3.09. The highest BCUT2D eigenvalue weighted by atomic mass is 16.7. The number of hydrogen-bond acceptors (Lipinski definition) is 7. The van der Waals surface area contributed by atoms with Gasteiger partial charge in [0.25, 0.3) is 0 Å². The van der Waals surface area contributed by atoms with E-state index in [0.717, 1.165) is 11.1 Å². The van der Waals surface area contributed by atoms with Crippen LogP contribution < -0.4 is 0 Å². The fourth-order valence-electron chi connectivity index (χ4n) is 3.86. The molecular weight excluding hydrogens is 436 g/mol. The number of aliphatic hydroxyl groups excluding tert-OH is 2. The molecule has 3 aromatic rings. The van der Waals surface area contributed by atoms with Crippen LogP contribution in [0.4, 0.5) is 0 Å². The van der Waals surface area contributed by atoms with Crippen LogP contribution in [-0.2, 0) is 32.2 Å². The summed E-state index contributed by atoms with van der Waals surface area (Å²) in [6.45, 7) is 0.0219. The molecule has 0 bridgehead atoms. The molecule has 0 aromatic heterocycles. The van der Waals surface area contributed by atoms with Crippen LogP contribution in [0, 0.1) is 0 Å². The molecule has 0 spiro atoms. The summed E-state index contributed by atoms with van der Waals surface area (Å²) >= 11 is 0. The Bertz CT molecular complexity index is 1010. The van der Waals surface area contributed by atoms with Gasteiger partial charge in [0.15, 0.2) is 12.4 Å². The molecule has 0 aliphatic carbocycles. The lowest BCUT2D eigenvalue weighted by Crippen LogP contribution is -2.61. The SMILES string of the molecule is O=C(O[C@@H]1[C@@H](OCc2ccccc2)[C@H](OCc2ccccc2)[C@@H](CO)O[C@H]1O)c1ccccc1. The molecule has 7 nitrogen and oxygen atoms in total. The molecule has 0 amide bonds. The Kier molecular flexibility index (Phi) is 8.41. The minimum absolute atomic E-state index is 0.195. The molecule has 0 unspecified atom stereocenters. The van der Waals surface area contributed by atoms with Crippen LogP contribution in [0.5, 0.6) is 0 Å². The first-order valence-electron chi connectivity index (χ1n) is 11.2. The number of rotatable bonds is 9. The summed E-state index contributed by atoms with van der Waals surface area (Å²) < 4.78 is 23.6. The zero-order valence-electron chi connectivity index (χ0n) is 18.6. The van der Waals surface area contributed by atoms with E-state index in [1.165, 1.54) is 0 Å². The van der Waals surface area contributed by atoms with E-state index in [0.29, 0.717) is 5.56 Å². The summed E-state index contributed by atoms with van der Waals surface area (Å²) in [5.41, 5.74) is 2.16. The third-order valence-corrected chi connectivity index (χ3v) is 5.61. The first kappa shape index (κ1) is 24.1. The lowest BCUT2D eigenvalue weighted by atomic mass is 9.98. The van der Waals surface area contributed by atoms with Gasteiger partial charge >= 0.3 is 5.97 Å². The lowest BCUT2D eigenvalue weighted by Gasteiger charge is -2.43. The molecule has 2 N–H and O–H groups in total. The van der Waals surface area contributed by atoms with Crippen molar-refractivity contribution in [1.29, 1.82) is 0 Å². The second-order valence-electron chi connectivity index (χ2n) is 8.01. The monoisotopic (exact) mass is 464 g/mol. The molecule has 7 heteroatoms. The summed E-state index contributed by atoms with van der Waals surface area (Å²) in [5, 5.41) is 20.6. The molecule has 3 aromatic carbocycles. The number of carbonyl (C=O) groups is 1. The molecule has 1 saturated heterocycles. The number of hydrogen-bond donors (Lipinski definition) is 2. The van der Waals surface area contributed by atoms with E-state index in [4.69, 9.17) is 18.9 Å². The second kappa shape index (κ2) is 11.9.